The van der Waals surface area contributed by atoms with Gasteiger partial charge in [-0.1, -0.05) is 12.1 Å². The fraction of sp³-hybridized carbons (Fsp3) is 0.158. The van der Waals surface area contributed by atoms with Crippen molar-refractivity contribution in [2.24, 2.45) is 0 Å². The lowest BCUT2D eigenvalue weighted by Crippen LogP contribution is -2.19. The number of Topliss-reactive ketones (excluding diaryl/α,β-unsaturated/α-hetero) is 1. The monoisotopic (exact) mass is 339 g/mol. The predicted molar refractivity (Wildman–Crippen MR) is 88.3 cm³/mol. The summed E-state index contributed by atoms with van der Waals surface area (Å²) in [5.41, 5.74) is 1.32. The molecule has 25 heavy (non-hydrogen) atoms. The second kappa shape index (κ2) is 7.05. The standard InChI is InChI=1S/C19H14FNO4/c1-23-17-10-12(5-6-16(17)24-8-7-21)9-13-11-25-19-14(18(13)22)3-2-4-15(19)20/h2-6,9-10H,8,11H2,1H3/b13-9-. The minimum atomic E-state index is -0.550. The van der Waals surface area contributed by atoms with Gasteiger partial charge in [-0.25, -0.2) is 4.39 Å². The Hall–Kier alpha value is -3.33. The van der Waals surface area contributed by atoms with Gasteiger partial charge in [0.25, 0.3) is 0 Å². The van der Waals surface area contributed by atoms with Crippen LogP contribution in [0.2, 0.25) is 0 Å². The summed E-state index contributed by atoms with van der Waals surface area (Å²) >= 11 is 0. The number of nitriles is 1. The minimum Gasteiger partial charge on any atom is -0.493 e. The Balaban J connectivity index is 1.91. The molecule has 2 aromatic rings. The number of benzene rings is 2. The number of hydrogen-bond donors (Lipinski definition) is 0. The van der Waals surface area contributed by atoms with E-state index >= 15 is 0 Å². The van der Waals surface area contributed by atoms with Gasteiger partial charge >= 0.3 is 0 Å². The van der Waals surface area contributed by atoms with E-state index in [0.717, 1.165) is 0 Å². The average molecular weight is 339 g/mol. The number of para-hydroxylation sites is 1. The zero-order valence-corrected chi connectivity index (χ0v) is 13.4. The Morgan fingerprint density at radius 2 is 2.16 bits per heavy atom. The van der Waals surface area contributed by atoms with Crippen molar-refractivity contribution in [3.8, 4) is 23.3 Å². The number of halogens is 1. The van der Waals surface area contributed by atoms with Crippen LogP contribution in [-0.2, 0) is 0 Å². The largest absolute Gasteiger partial charge is 0.493 e. The van der Waals surface area contributed by atoms with Crippen LogP contribution in [0, 0.1) is 17.1 Å². The van der Waals surface area contributed by atoms with E-state index in [1.807, 2.05) is 6.07 Å². The topological polar surface area (TPSA) is 68.6 Å². The van der Waals surface area contributed by atoms with E-state index in [9.17, 15) is 9.18 Å². The van der Waals surface area contributed by atoms with Gasteiger partial charge in [0.1, 0.15) is 12.7 Å². The van der Waals surface area contributed by atoms with Crippen molar-refractivity contribution in [3.05, 3.63) is 58.9 Å². The van der Waals surface area contributed by atoms with Crippen LogP contribution in [0.3, 0.4) is 0 Å². The first-order chi connectivity index (χ1) is 12.1. The molecule has 0 bridgehead atoms. The molecule has 2 aromatic carbocycles. The molecule has 5 nitrogen and oxygen atoms in total. The number of ether oxygens (including phenoxy) is 3. The maximum absolute atomic E-state index is 13.7. The number of rotatable bonds is 4. The van der Waals surface area contributed by atoms with E-state index in [1.165, 1.54) is 25.3 Å². The molecule has 0 N–H and O–H groups in total. The van der Waals surface area contributed by atoms with Crippen molar-refractivity contribution in [2.45, 2.75) is 0 Å². The third-order valence-corrected chi connectivity index (χ3v) is 3.70. The summed E-state index contributed by atoms with van der Waals surface area (Å²) in [6.45, 7) is -0.104. The van der Waals surface area contributed by atoms with Crippen LogP contribution in [0.5, 0.6) is 17.2 Å². The number of fused-ring (bicyclic) bond motifs is 1. The Kier molecular flexibility index (Phi) is 4.66. The molecule has 1 heterocycles. The highest BCUT2D eigenvalue weighted by atomic mass is 19.1. The van der Waals surface area contributed by atoms with Gasteiger partial charge in [-0.15, -0.1) is 0 Å². The Morgan fingerprint density at radius 1 is 1.32 bits per heavy atom. The Morgan fingerprint density at radius 3 is 2.92 bits per heavy atom. The molecule has 0 spiro atoms. The lowest BCUT2D eigenvalue weighted by Gasteiger charge is -2.19. The number of nitrogens with zero attached hydrogens (tertiary/aromatic N) is 1. The molecule has 3 rings (SSSR count). The molecule has 0 unspecified atom stereocenters. The molecule has 1 aliphatic heterocycles. The first-order valence-electron chi connectivity index (χ1n) is 7.48. The predicted octanol–water partition coefficient (Wildman–Crippen LogP) is 3.40. The summed E-state index contributed by atoms with van der Waals surface area (Å²) in [5, 5.41) is 8.59. The van der Waals surface area contributed by atoms with Gasteiger partial charge in [-0.3, -0.25) is 4.79 Å². The van der Waals surface area contributed by atoms with E-state index in [2.05, 4.69) is 0 Å². The van der Waals surface area contributed by atoms with Gasteiger partial charge in [0, 0.05) is 5.57 Å². The van der Waals surface area contributed by atoms with Crippen molar-refractivity contribution in [1.82, 2.24) is 0 Å². The summed E-state index contributed by atoms with van der Waals surface area (Å²) < 4.78 is 29.6. The molecular formula is C19H14FNO4. The molecule has 0 atom stereocenters. The lowest BCUT2D eigenvalue weighted by molar-refractivity contribution is 0.0998. The SMILES string of the molecule is COc1cc(/C=C2/COc3c(F)cccc3C2=O)ccc1OCC#N. The lowest BCUT2D eigenvalue weighted by atomic mass is 9.98. The van der Waals surface area contributed by atoms with Gasteiger partial charge in [-0.2, -0.15) is 5.26 Å². The second-order valence-corrected chi connectivity index (χ2v) is 5.26. The molecule has 0 saturated carbocycles. The maximum atomic E-state index is 13.7. The molecule has 0 amide bonds. The molecule has 0 saturated heterocycles. The highest BCUT2D eigenvalue weighted by molar-refractivity contribution is 6.14. The van der Waals surface area contributed by atoms with Crippen LogP contribution >= 0.6 is 0 Å². The van der Waals surface area contributed by atoms with Gasteiger partial charge in [0.15, 0.2) is 35.5 Å². The first kappa shape index (κ1) is 16.5. The number of methoxy groups -OCH3 is 1. The van der Waals surface area contributed by atoms with Crippen molar-refractivity contribution in [3.63, 3.8) is 0 Å². The van der Waals surface area contributed by atoms with Crippen LogP contribution in [0.15, 0.2) is 42.0 Å². The Bertz CT molecular complexity index is 899. The maximum Gasteiger partial charge on any atom is 0.196 e. The van der Waals surface area contributed by atoms with E-state index in [-0.39, 0.29) is 30.3 Å². The summed E-state index contributed by atoms with van der Waals surface area (Å²) in [6, 6.07) is 11.2. The fourth-order valence-corrected chi connectivity index (χ4v) is 2.53. The average Bonchev–Trinajstić information content (AvgIpc) is 2.63. The third-order valence-electron chi connectivity index (χ3n) is 3.70. The summed E-state index contributed by atoms with van der Waals surface area (Å²) in [5.74, 6) is 0.0441. The highest BCUT2D eigenvalue weighted by Gasteiger charge is 2.25. The number of hydrogen-bond acceptors (Lipinski definition) is 5. The minimum absolute atomic E-state index is 0.0116. The number of ketones is 1. The van der Waals surface area contributed by atoms with Crippen molar-refractivity contribution in [1.29, 1.82) is 5.26 Å². The fourth-order valence-electron chi connectivity index (χ4n) is 2.53. The molecule has 0 aromatic heterocycles. The molecular weight excluding hydrogens is 325 g/mol. The van der Waals surface area contributed by atoms with E-state index in [0.29, 0.717) is 22.6 Å². The molecule has 1 aliphatic rings. The van der Waals surface area contributed by atoms with Crippen LogP contribution in [-0.4, -0.2) is 26.1 Å². The molecule has 0 aliphatic carbocycles. The van der Waals surface area contributed by atoms with Crippen molar-refractivity contribution in [2.75, 3.05) is 20.3 Å². The normalized spacial score (nSPS) is 14.4. The molecule has 126 valence electrons. The quantitative estimate of drug-likeness (QED) is 0.799. The van der Waals surface area contributed by atoms with Gasteiger partial charge < -0.3 is 14.2 Å². The third kappa shape index (κ3) is 3.31. The van der Waals surface area contributed by atoms with E-state index < -0.39 is 5.82 Å². The molecule has 0 fully saturated rings. The zero-order chi connectivity index (χ0) is 17.8. The van der Waals surface area contributed by atoms with E-state index in [4.69, 9.17) is 19.5 Å². The van der Waals surface area contributed by atoms with Gasteiger partial charge in [-0.05, 0) is 35.9 Å². The summed E-state index contributed by atoms with van der Waals surface area (Å²) in [7, 11) is 1.49. The highest BCUT2D eigenvalue weighted by Crippen LogP contribution is 2.32. The zero-order valence-electron chi connectivity index (χ0n) is 13.4. The number of carbonyl (C=O) groups excluding carboxylic acids is 1. The van der Waals surface area contributed by atoms with Crippen molar-refractivity contribution < 1.29 is 23.4 Å². The van der Waals surface area contributed by atoms with Gasteiger partial charge in [0.05, 0.1) is 12.7 Å². The van der Waals surface area contributed by atoms with Crippen molar-refractivity contribution >= 4 is 11.9 Å². The van der Waals surface area contributed by atoms with E-state index in [1.54, 1.807) is 24.3 Å². The molecule has 6 heteroatoms. The van der Waals surface area contributed by atoms with Crippen LogP contribution in [0.4, 0.5) is 4.39 Å². The van der Waals surface area contributed by atoms with Crippen LogP contribution in [0.1, 0.15) is 15.9 Å². The summed E-state index contributed by atoms with van der Waals surface area (Å²) in [4.78, 5) is 12.5. The van der Waals surface area contributed by atoms with Crippen LogP contribution < -0.4 is 14.2 Å². The van der Waals surface area contributed by atoms with Gasteiger partial charge in [0.2, 0.25) is 0 Å². The second-order valence-electron chi connectivity index (χ2n) is 5.26. The number of carbonyl (C=O) groups is 1. The van der Waals surface area contributed by atoms with Crippen LogP contribution in [0.25, 0.3) is 6.08 Å². The Labute approximate surface area is 143 Å². The molecule has 0 radical (unpaired) electrons. The smallest absolute Gasteiger partial charge is 0.196 e. The summed E-state index contributed by atoms with van der Waals surface area (Å²) in [6.07, 6.45) is 1.66. The first-order valence-corrected chi connectivity index (χ1v) is 7.48.